The van der Waals surface area contributed by atoms with Crippen LogP contribution in [0.5, 0.6) is 5.75 Å². The Morgan fingerprint density at radius 2 is 2.06 bits per heavy atom. The van der Waals surface area contributed by atoms with Crippen LogP contribution in [0.3, 0.4) is 0 Å². The molecule has 0 spiro atoms. The van der Waals surface area contributed by atoms with E-state index in [9.17, 15) is 18.4 Å². The predicted molar refractivity (Wildman–Crippen MR) is 53.2 cm³/mol. The molecule has 0 aliphatic carbocycles. The van der Waals surface area contributed by atoms with E-state index in [-0.39, 0.29) is 22.7 Å². The number of carbonyl (C=O) groups is 2. The number of hydrogen-bond donors (Lipinski definition) is 0. The highest BCUT2D eigenvalue weighted by atomic mass is 19.3. The van der Waals surface area contributed by atoms with Gasteiger partial charge >= 0.3 is 6.61 Å². The molecule has 0 heterocycles. The van der Waals surface area contributed by atoms with Crippen LogP contribution >= 0.6 is 0 Å². The summed E-state index contributed by atoms with van der Waals surface area (Å²) in [5.74, 6) is -0.546. The summed E-state index contributed by atoms with van der Waals surface area (Å²) >= 11 is 0. The number of ketones is 1. The molecule has 0 aromatic heterocycles. The topological polar surface area (TPSA) is 43.4 Å². The predicted octanol–water partition coefficient (Wildman–Crippen LogP) is 2.61. The molecule has 0 saturated heterocycles. The molecule has 0 bridgehead atoms. The minimum absolute atomic E-state index is 0.0327. The molecule has 0 aliphatic rings. The van der Waals surface area contributed by atoms with Gasteiger partial charge in [0.1, 0.15) is 5.75 Å². The average molecular weight is 228 g/mol. The lowest BCUT2D eigenvalue weighted by Gasteiger charge is -2.10. The first-order valence-electron chi connectivity index (χ1n) is 4.51. The summed E-state index contributed by atoms with van der Waals surface area (Å²) in [5.41, 5.74) is 0.697. The second-order valence-electron chi connectivity index (χ2n) is 3.26. The van der Waals surface area contributed by atoms with Crippen molar-refractivity contribution in [1.82, 2.24) is 0 Å². The molecule has 1 rings (SSSR count). The van der Waals surface area contributed by atoms with E-state index in [1.165, 1.54) is 13.0 Å². The molecule has 5 heteroatoms. The minimum Gasteiger partial charge on any atom is -0.434 e. The SMILES string of the molecule is CC(=O)c1cc(C)c(C=O)c(OC(F)F)c1. The smallest absolute Gasteiger partial charge is 0.387 e. The maximum atomic E-state index is 12.1. The fourth-order valence-electron chi connectivity index (χ4n) is 1.31. The third-order valence-electron chi connectivity index (χ3n) is 2.09. The summed E-state index contributed by atoms with van der Waals surface area (Å²) < 4.78 is 28.3. The number of hydrogen-bond acceptors (Lipinski definition) is 3. The Morgan fingerprint density at radius 1 is 1.44 bits per heavy atom. The Bertz CT molecular complexity index is 427. The summed E-state index contributed by atoms with van der Waals surface area (Å²) in [6.45, 7) is -0.170. The highest BCUT2D eigenvalue weighted by molar-refractivity contribution is 5.96. The lowest BCUT2D eigenvalue weighted by Crippen LogP contribution is -2.07. The molecule has 0 amide bonds. The second kappa shape index (κ2) is 4.83. The van der Waals surface area contributed by atoms with Gasteiger partial charge in [0.05, 0.1) is 5.56 Å². The third-order valence-corrected chi connectivity index (χ3v) is 2.09. The highest BCUT2D eigenvalue weighted by Crippen LogP contribution is 2.24. The molecule has 0 N–H and O–H groups in total. The van der Waals surface area contributed by atoms with Crippen molar-refractivity contribution in [2.45, 2.75) is 20.5 Å². The van der Waals surface area contributed by atoms with Gasteiger partial charge in [0.25, 0.3) is 0 Å². The first-order valence-corrected chi connectivity index (χ1v) is 4.51. The van der Waals surface area contributed by atoms with E-state index >= 15 is 0 Å². The van der Waals surface area contributed by atoms with Crippen LogP contribution in [0.4, 0.5) is 8.78 Å². The zero-order chi connectivity index (χ0) is 12.3. The van der Waals surface area contributed by atoms with Gasteiger partial charge < -0.3 is 4.74 Å². The number of aryl methyl sites for hydroxylation is 1. The number of alkyl halides is 2. The fourth-order valence-corrected chi connectivity index (χ4v) is 1.31. The van der Waals surface area contributed by atoms with Crippen LogP contribution in [-0.2, 0) is 0 Å². The molecule has 86 valence electrons. The monoisotopic (exact) mass is 228 g/mol. The summed E-state index contributed by atoms with van der Waals surface area (Å²) in [6.07, 6.45) is 0.428. The van der Waals surface area contributed by atoms with Gasteiger partial charge in [-0.2, -0.15) is 8.78 Å². The summed E-state index contributed by atoms with van der Waals surface area (Å²) in [6, 6.07) is 2.61. The van der Waals surface area contributed by atoms with Crippen LogP contribution in [0, 0.1) is 6.92 Å². The number of Topliss-reactive ketones (excluding diaryl/α,β-unsaturated/α-hetero) is 1. The van der Waals surface area contributed by atoms with Gasteiger partial charge in [0, 0.05) is 5.56 Å². The van der Waals surface area contributed by atoms with Crippen molar-refractivity contribution < 1.29 is 23.1 Å². The number of rotatable bonds is 4. The molecule has 0 atom stereocenters. The number of ether oxygens (including phenoxy) is 1. The molecule has 3 nitrogen and oxygen atoms in total. The van der Waals surface area contributed by atoms with Crippen molar-refractivity contribution in [3.63, 3.8) is 0 Å². The lowest BCUT2D eigenvalue weighted by atomic mass is 10.0. The standard InChI is InChI=1S/C11H10F2O3/c1-6-3-8(7(2)15)4-10(9(6)5-14)16-11(12)13/h3-5,11H,1-2H3. The number of halogens is 2. The summed E-state index contributed by atoms with van der Waals surface area (Å²) in [4.78, 5) is 21.8. The Kier molecular flexibility index (Phi) is 3.71. The van der Waals surface area contributed by atoms with Crippen molar-refractivity contribution >= 4 is 12.1 Å². The van der Waals surface area contributed by atoms with E-state index in [1.807, 2.05) is 0 Å². The fraction of sp³-hybridized carbons (Fsp3) is 0.273. The van der Waals surface area contributed by atoms with Crippen molar-refractivity contribution in [2.75, 3.05) is 0 Å². The maximum absolute atomic E-state index is 12.1. The van der Waals surface area contributed by atoms with Crippen molar-refractivity contribution in [2.24, 2.45) is 0 Å². The molecule has 16 heavy (non-hydrogen) atoms. The number of aldehydes is 1. The van der Waals surface area contributed by atoms with Gasteiger partial charge in [-0.3, -0.25) is 9.59 Å². The molecule has 0 aliphatic heterocycles. The van der Waals surface area contributed by atoms with Crippen LogP contribution in [0.2, 0.25) is 0 Å². The second-order valence-corrected chi connectivity index (χ2v) is 3.26. The molecule has 1 aromatic rings. The van der Waals surface area contributed by atoms with Crippen LogP contribution in [-0.4, -0.2) is 18.7 Å². The van der Waals surface area contributed by atoms with Crippen LogP contribution < -0.4 is 4.74 Å². The van der Waals surface area contributed by atoms with Crippen molar-refractivity contribution in [3.05, 3.63) is 28.8 Å². The maximum Gasteiger partial charge on any atom is 0.387 e. The summed E-state index contributed by atoms with van der Waals surface area (Å²) in [5, 5.41) is 0. The van der Waals surface area contributed by atoms with Crippen molar-refractivity contribution in [1.29, 1.82) is 0 Å². The average Bonchev–Trinajstić information content (AvgIpc) is 2.16. The number of benzene rings is 1. The lowest BCUT2D eigenvalue weighted by molar-refractivity contribution is -0.0501. The number of carbonyl (C=O) groups excluding carboxylic acids is 2. The van der Waals surface area contributed by atoms with Crippen molar-refractivity contribution in [3.8, 4) is 5.75 Å². The molecule has 0 fully saturated rings. The Balaban J connectivity index is 3.30. The Hall–Kier alpha value is -1.78. The highest BCUT2D eigenvalue weighted by Gasteiger charge is 2.14. The molecule has 0 radical (unpaired) electrons. The van der Waals surface area contributed by atoms with E-state index in [2.05, 4.69) is 4.74 Å². The van der Waals surface area contributed by atoms with Crippen LogP contribution in [0.1, 0.15) is 33.2 Å². The van der Waals surface area contributed by atoms with E-state index in [0.717, 1.165) is 6.07 Å². The molecule has 1 aromatic carbocycles. The normalized spacial score (nSPS) is 10.3. The Morgan fingerprint density at radius 3 is 2.50 bits per heavy atom. The summed E-state index contributed by atoms with van der Waals surface area (Å²) in [7, 11) is 0. The van der Waals surface area contributed by atoms with Gasteiger partial charge in [-0.25, -0.2) is 0 Å². The molecular formula is C11H10F2O3. The van der Waals surface area contributed by atoms with Crippen LogP contribution in [0.25, 0.3) is 0 Å². The quantitative estimate of drug-likeness (QED) is 0.587. The zero-order valence-corrected chi connectivity index (χ0v) is 8.79. The zero-order valence-electron chi connectivity index (χ0n) is 8.79. The van der Waals surface area contributed by atoms with Crippen LogP contribution in [0.15, 0.2) is 12.1 Å². The van der Waals surface area contributed by atoms with E-state index < -0.39 is 6.61 Å². The third kappa shape index (κ3) is 2.62. The van der Waals surface area contributed by atoms with Gasteiger partial charge in [-0.15, -0.1) is 0 Å². The van der Waals surface area contributed by atoms with E-state index in [4.69, 9.17) is 0 Å². The van der Waals surface area contributed by atoms with Gasteiger partial charge in [0.2, 0.25) is 0 Å². The first-order chi connectivity index (χ1) is 7.45. The van der Waals surface area contributed by atoms with Gasteiger partial charge in [-0.05, 0) is 31.5 Å². The first kappa shape index (κ1) is 12.3. The Labute approximate surface area is 91.0 Å². The van der Waals surface area contributed by atoms with E-state index in [0.29, 0.717) is 11.8 Å². The molecule has 0 saturated carbocycles. The van der Waals surface area contributed by atoms with E-state index in [1.54, 1.807) is 6.92 Å². The molecule has 0 unspecified atom stereocenters. The largest absolute Gasteiger partial charge is 0.434 e. The molecular weight excluding hydrogens is 218 g/mol. The minimum atomic E-state index is -3.03. The van der Waals surface area contributed by atoms with Gasteiger partial charge in [0.15, 0.2) is 12.1 Å². The van der Waals surface area contributed by atoms with Gasteiger partial charge in [-0.1, -0.05) is 0 Å².